The fraction of sp³-hybridized carbons (Fsp3) is 0.632. The van der Waals surface area contributed by atoms with Crippen LogP contribution in [-0.2, 0) is 14.3 Å². The summed E-state index contributed by atoms with van der Waals surface area (Å²) in [6.45, 7) is 12.2. The first-order chi connectivity index (χ1) is 10.4. The molecule has 0 aromatic carbocycles. The predicted molar refractivity (Wildman–Crippen MR) is 90.5 cm³/mol. The standard InChI is InChI=1S/C19H30O3/c1-7-8-9-13(2)18(21-6)15(4)12-16(5)19-14(3)10-11-17(20)22-19/h7-9,12-15,18-19H,1,10-11H2,2-6H3/b9-8-,16-12+/t13-,14+,15-,18-,19-/m0/s1. The van der Waals surface area contributed by atoms with E-state index >= 15 is 0 Å². The molecule has 1 saturated heterocycles. The normalized spacial score (nSPS) is 27.3. The molecule has 0 bridgehead atoms. The lowest BCUT2D eigenvalue weighted by molar-refractivity contribution is -0.154. The second kappa shape index (κ2) is 8.94. The fourth-order valence-electron chi connectivity index (χ4n) is 3.23. The van der Waals surface area contributed by atoms with Gasteiger partial charge in [0.25, 0.3) is 0 Å². The second-order valence-electron chi connectivity index (χ2n) is 6.38. The molecule has 0 aromatic heterocycles. The van der Waals surface area contributed by atoms with E-state index in [9.17, 15) is 4.79 Å². The molecule has 0 radical (unpaired) electrons. The summed E-state index contributed by atoms with van der Waals surface area (Å²) >= 11 is 0. The Kier molecular flexibility index (Phi) is 7.60. The van der Waals surface area contributed by atoms with Gasteiger partial charge in [-0.1, -0.05) is 51.7 Å². The van der Waals surface area contributed by atoms with Gasteiger partial charge in [0, 0.05) is 25.4 Å². The van der Waals surface area contributed by atoms with Crippen LogP contribution in [-0.4, -0.2) is 25.3 Å². The van der Waals surface area contributed by atoms with Crippen molar-refractivity contribution in [2.45, 2.75) is 52.7 Å². The van der Waals surface area contributed by atoms with E-state index in [1.807, 2.05) is 13.0 Å². The molecule has 5 atom stereocenters. The molecule has 0 aliphatic carbocycles. The molecule has 1 heterocycles. The maximum absolute atomic E-state index is 11.5. The minimum absolute atomic E-state index is 0.0840. The minimum atomic E-state index is -0.0970. The summed E-state index contributed by atoms with van der Waals surface area (Å²) < 4.78 is 11.2. The second-order valence-corrected chi connectivity index (χ2v) is 6.38. The molecule has 124 valence electrons. The molecule has 1 fully saturated rings. The first-order valence-electron chi connectivity index (χ1n) is 8.10. The third-order valence-corrected chi connectivity index (χ3v) is 4.41. The lowest BCUT2D eigenvalue weighted by Crippen LogP contribution is -2.33. The van der Waals surface area contributed by atoms with Crippen molar-refractivity contribution in [1.29, 1.82) is 0 Å². The van der Waals surface area contributed by atoms with Gasteiger partial charge >= 0.3 is 5.97 Å². The van der Waals surface area contributed by atoms with E-state index in [1.54, 1.807) is 13.2 Å². The van der Waals surface area contributed by atoms with Crippen LogP contribution in [0.4, 0.5) is 0 Å². The van der Waals surface area contributed by atoms with E-state index < -0.39 is 0 Å². The molecular weight excluding hydrogens is 276 g/mol. The van der Waals surface area contributed by atoms with Gasteiger partial charge in [-0.3, -0.25) is 4.79 Å². The fourth-order valence-corrected chi connectivity index (χ4v) is 3.23. The maximum atomic E-state index is 11.5. The summed E-state index contributed by atoms with van der Waals surface area (Å²) in [5.74, 6) is 0.810. The Hall–Kier alpha value is -1.35. The van der Waals surface area contributed by atoms with E-state index in [0.717, 1.165) is 12.0 Å². The summed E-state index contributed by atoms with van der Waals surface area (Å²) in [4.78, 5) is 11.5. The Morgan fingerprint density at radius 2 is 2.09 bits per heavy atom. The number of hydrogen-bond donors (Lipinski definition) is 0. The average Bonchev–Trinajstić information content (AvgIpc) is 2.48. The van der Waals surface area contributed by atoms with E-state index in [1.165, 1.54) is 0 Å². The molecule has 0 aromatic rings. The number of ether oxygens (including phenoxy) is 2. The molecule has 1 aliphatic heterocycles. The summed E-state index contributed by atoms with van der Waals surface area (Å²) in [6, 6.07) is 0. The molecule has 0 N–H and O–H groups in total. The SMILES string of the molecule is C=C/C=C\[C@H](C)[C@H](OC)[C@@H](C)/C=C(\C)[C@H]1OC(=O)CC[C@H]1C. The number of methoxy groups -OCH3 is 1. The largest absolute Gasteiger partial charge is 0.458 e. The van der Waals surface area contributed by atoms with E-state index in [4.69, 9.17) is 9.47 Å². The van der Waals surface area contributed by atoms with Crippen molar-refractivity contribution in [3.05, 3.63) is 36.5 Å². The number of hydrogen-bond acceptors (Lipinski definition) is 3. The molecule has 1 rings (SSSR count). The highest BCUT2D eigenvalue weighted by Crippen LogP contribution is 2.28. The topological polar surface area (TPSA) is 35.5 Å². The van der Waals surface area contributed by atoms with E-state index in [0.29, 0.717) is 12.3 Å². The monoisotopic (exact) mass is 306 g/mol. The minimum Gasteiger partial charge on any atom is -0.458 e. The molecule has 3 heteroatoms. The number of carbonyl (C=O) groups excluding carboxylic acids is 1. The highest BCUT2D eigenvalue weighted by Gasteiger charge is 2.29. The Balaban J connectivity index is 2.81. The van der Waals surface area contributed by atoms with Gasteiger partial charge in [0.05, 0.1) is 6.10 Å². The zero-order valence-electron chi connectivity index (χ0n) is 14.5. The van der Waals surface area contributed by atoms with Crippen molar-refractivity contribution < 1.29 is 14.3 Å². The van der Waals surface area contributed by atoms with Crippen LogP contribution in [0.3, 0.4) is 0 Å². The molecular formula is C19H30O3. The third-order valence-electron chi connectivity index (χ3n) is 4.41. The van der Waals surface area contributed by atoms with Crippen LogP contribution in [0.15, 0.2) is 36.5 Å². The number of rotatable bonds is 7. The Morgan fingerprint density at radius 3 is 2.68 bits per heavy atom. The van der Waals surface area contributed by atoms with Crippen LogP contribution >= 0.6 is 0 Å². The number of cyclic esters (lactones) is 1. The van der Waals surface area contributed by atoms with Gasteiger partial charge in [-0.15, -0.1) is 0 Å². The zero-order valence-corrected chi connectivity index (χ0v) is 14.5. The molecule has 22 heavy (non-hydrogen) atoms. The molecule has 0 spiro atoms. The van der Waals surface area contributed by atoms with Crippen molar-refractivity contribution in [2.75, 3.05) is 7.11 Å². The van der Waals surface area contributed by atoms with Crippen LogP contribution in [0.1, 0.15) is 40.5 Å². The van der Waals surface area contributed by atoms with Crippen molar-refractivity contribution in [3.63, 3.8) is 0 Å². The smallest absolute Gasteiger partial charge is 0.306 e. The van der Waals surface area contributed by atoms with Gasteiger partial charge in [0.1, 0.15) is 6.10 Å². The van der Waals surface area contributed by atoms with Crippen molar-refractivity contribution in [3.8, 4) is 0 Å². The van der Waals surface area contributed by atoms with Gasteiger partial charge in [-0.25, -0.2) is 0 Å². The molecule has 0 unspecified atom stereocenters. The first-order valence-corrected chi connectivity index (χ1v) is 8.10. The van der Waals surface area contributed by atoms with Crippen LogP contribution in [0, 0.1) is 17.8 Å². The molecule has 3 nitrogen and oxygen atoms in total. The summed E-state index contributed by atoms with van der Waals surface area (Å²) in [5.41, 5.74) is 1.12. The van der Waals surface area contributed by atoms with Gasteiger partial charge in [-0.2, -0.15) is 0 Å². The summed E-state index contributed by atoms with van der Waals surface area (Å²) in [5, 5.41) is 0. The Labute approximate surface area is 135 Å². The lowest BCUT2D eigenvalue weighted by atomic mass is 9.87. The van der Waals surface area contributed by atoms with Crippen molar-refractivity contribution >= 4 is 5.97 Å². The predicted octanol–water partition coefficient (Wildman–Crippen LogP) is 4.30. The summed E-state index contributed by atoms with van der Waals surface area (Å²) in [7, 11) is 1.74. The van der Waals surface area contributed by atoms with Crippen molar-refractivity contribution in [1.82, 2.24) is 0 Å². The van der Waals surface area contributed by atoms with Crippen molar-refractivity contribution in [2.24, 2.45) is 17.8 Å². The van der Waals surface area contributed by atoms with Crippen LogP contribution in [0.25, 0.3) is 0 Å². The third kappa shape index (κ3) is 5.13. The quantitative estimate of drug-likeness (QED) is 0.399. The molecule has 0 saturated carbocycles. The lowest BCUT2D eigenvalue weighted by Gasteiger charge is -2.31. The van der Waals surface area contributed by atoms with Gasteiger partial charge < -0.3 is 9.47 Å². The van der Waals surface area contributed by atoms with E-state index in [2.05, 4.69) is 39.5 Å². The Bertz CT molecular complexity index is 436. The maximum Gasteiger partial charge on any atom is 0.306 e. The zero-order chi connectivity index (χ0) is 16.7. The molecule has 1 aliphatic rings. The highest BCUT2D eigenvalue weighted by molar-refractivity contribution is 5.70. The number of carbonyl (C=O) groups is 1. The van der Waals surface area contributed by atoms with E-state index in [-0.39, 0.29) is 30.0 Å². The van der Waals surface area contributed by atoms with Crippen LogP contribution in [0.5, 0.6) is 0 Å². The first kappa shape index (κ1) is 18.7. The van der Waals surface area contributed by atoms with Gasteiger partial charge in [0.2, 0.25) is 0 Å². The van der Waals surface area contributed by atoms with Gasteiger partial charge in [0.15, 0.2) is 0 Å². The van der Waals surface area contributed by atoms with Crippen LogP contribution in [0.2, 0.25) is 0 Å². The van der Waals surface area contributed by atoms with Crippen LogP contribution < -0.4 is 0 Å². The highest BCUT2D eigenvalue weighted by atomic mass is 16.5. The average molecular weight is 306 g/mol. The number of allylic oxidation sites excluding steroid dienone is 2. The summed E-state index contributed by atoms with van der Waals surface area (Å²) in [6.07, 6.45) is 9.43. The Morgan fingerprint density at radius 1 is 1.41 bits per heavy atom. The van der Waals surface area contributed by atoms with Gasteiger partial charge in [-0.05, 0) is 24.8 Å². The molecule has 0 amide bonds. The number of esters is 1.